The van der Waals surface area contributed by atoms with E-state index in [-0.39, 0.29) is 11.9 Å². The number of halogens is 2. The highest BCUT2D eigenvalue weighted by atomic mass is 79.9. The van der Waals surface area contributed by atoms with Gasteiger partial charge in [0.2, 0.25) is 0 Å². The minimum atomic E-state index is -0.143. The first-order valence-corrected chi connectivity index (χ1v) is 7.22. The number of rotatable bonds is 5. The van der Waals surface area contributed by atoms with E-state index in [1.165, 1.54) is 11.6 Å². The van der Waals surface area contributed by atoms with Gasteiger partial charge >= 0.3 is 0 Å². The average Bonchev–Trinajstić information content (AvgIpc) is 2.41. The summed E-state index contributed by atoms with van der Waals surface area (Å²) in [7, 11) is 0. The standard InChI is InChI=1S/C16H17BrFN/c1-2-16(14-8-3-4-9-15(14)18)19-11-12-6-5-7-13(17)10-12/h3-10,16,19H,2,11H2,1H3. The van der Waals surface area contributed by atoms with Crippen LogP contribution in [0.3, 0.4) is 0 Å². The number of nitrogens with one attached hydrogen (secondary N) is 1. The van der Waals surface area contributed by atoms with Crippen LogP contribution in [-0.2, 0) is 6.54 Å². The highest BCUT2D eigenvalue weighted by Crippen LogP contribution is 2.20. The number of hydrogen-bond acceptors (Lipinski definition) is 1. The van der Waals surface area contributed by atoms with Crippen LogP contribution in [0.25, 0.3) is 0 Å². The van der Waals surface area contributed by atoms with E-state index < -0.39 is 0 Å². The molecule has 1 nitrogen and oxygen atoms in total. The molecule has 1 atom stereocenters. The van der Waals surface area contributed by atoms with Crippen LogP contribution >= 0.6 is 15.9 Å². The molecule has 0 fully saturated rings. The molecule has 2 aromatic carbocycles. The lowest BCUT2D eigenvalue weighted by molar-refractivity contribution is 0.488. The summed E-state index contributed by atoms with van der Waals surface area (Å²) in [5.74, 6) is -0.143. The zero-order valence-electron chi connectivity index (χ0n) is 10.9. The van der Waals surface area contributed by atoms with Gasteiger partial charge in [0.1, 0.15) is 5.82 Å². The van der Waals surface area contributed by atoms with Crippen molar-refractivity contribution in [3.63, 3.8) is 0 Å². The Morgan fingerprint density at radius 3 is 2.63 bits per heavy atom. The van der Waals surface area contributed by atoms with E-state index in [0.29, 0.717) is 0 Å². The molecule has 2 aromatic rings. The summed E-state index contributed by atoms with van der Waals surface area (Å²) in [6.07, 6.45) is 0.856. The zero-order valence-corrected chi connectivity index (χ0v) is 12.5. The fourth-order valence-corrected chi connectivity index (χ4v) is 2.57. The monoisotopic (exact) mass is 321 g/mol. The second-order valence-corrected chi connectivity index (χ2v) is 5.41. The molecule has 2 rings (SSSR count). The lowest BCUT2D eigenvalue weighted by atomic mass is 10.0. The molecule has 3 heteroatoms. The summed E-state index contributed by atoms with van der Waals surface area (Å²) >= 11 is 3.45. The third-order valence-corrected chi connectivity index (χ3v) is 3.62. The van der Waals surface area contributed by atoms with Crippen molar-refractivity contribution >= 4 is 15.9 Å². The van der Waals surface area contributed by atoms with E-state index in [4.69, 9.17) is 0 Å². The Labute approximate surface area is 122 Å². The Hall–Kier alpha value is -1.19. The highest BCUT2D eigenvalue weighted by molar-refractivity contribution is 9.10. The van der Waals surface area contributed by atoms with Crippen molar-refractivity contribution in [1.29, 1.82) is 0 Å². The Morgan fingerprint density at radius 1 is 1.16 bits per heavy atom. The lowest BCUT2D eigenvalue weighted by Gasteiger charge is -2.18. The van der Waals surface area contributed by atoms with Crippen LogP contribution in [0.4, 0.5) is 4.39 Å². The largest absolute Gasteiger partial charge is 0.306 e. The van der Waals surface area contributed by atoms with E-state index in [0.717, 1.165) is 23.0 Å². The lowest BCUT2D eigenvalue weighted by Crippen LogP contribution is -2.21. The normalized spacial score (nSPS) is 12.4. The van der Waals surface area contributed by atoms with Gasteiger partial charge in [0.05, 0.1) is 0 Å². The van der Waals surface area contributed by atoms with Gasteiger partial charge in [-0.15, -0.1) is 0 Å². The molecule has 0 amide bonds. The van der Waals surface area contributed by atoms with Crippen molar-refractivity contribution in [3.8, 4) is 0 Å². The third kappa shape index (κ3) is 3.88. The Kier molecular flexibility index (Phi) is 5.11. The predicted molar refractivity (Wildman–Crippen MR) is 80.4 cm³/mol. The third-order valence-electron chi connectivity index (χ3n) is 3.13. The van der Waals surface area contributed by atoms with Gasteiger partial charge in [0, 0.05) is 22.6 Å². The average molecular weight is 322 g/mol. The number of hydrogen-bond donors (Lipinski definition) is 1. The molecule has 1 unspecified atom stereocenters. The maximum atomic E-state index is 13.8. The molecule has 100 valence electrons. The van der Waals surface area contributed by atoms with Crippen molar-refractivity contribution in [3.05, 3.63) is 69.9 Å². The topological polar surface area (TPSA) is 12.0 Å². The van der Waals surface area contributed by atoms with Gasteiger partial charge in [-0.2, -0.15) is 0 Å². The van der Waals surface area contributed by atoms with E-state index in [1.807, 2.05) is 24.3 Å². The molecule has 0 radical (unpaired) electrons. The fraction of sp³-hybridized carbons (Fsp3) is 0.250. The molecule has 0 spiro atoms. The molecular weight excluding hydrogens is 305 g/mol. The molecule has 0 heterocycles. The van der Waals surface area contributed by atoms with E-state index >= 15 is 0 Å². The molecule has 0 aliphatic carbocycles. The zero-order chi connectivity index (χ0) is 13.7. The van der Waals surface area contributed by atoms with E-state index in [1.54, 1.807) is 6.07 Å². The molecule has 0 aromatic heterocycles. The summed E-state index contributed by atoms with van der Waals surface area (Å²) in [5, 5.41) is 3.41. The first-order valence-electron chi connectivity index (χ1n) is 6.43. The van der Waals surface area contributed by atoms with Gasteiger partial charge < -0.3 is 5.32 Å². The molecule has 0 saturated carbocycles. The smallest absolute Gasteiger partial charge is 0.127 e. The van der Waals surface area contributed by atoms with Gasteiger partial charge in [0.25, 0.3) is 0 Å². The summed E-state index contributed by atoms with van der Waals surface area (Å²) in [4.78, 5) is 0. The molecule has 0 aliphatic heterocycles. The van der Waals surface area contributed by atoms with Crippen molar-refractivity contribution in [2.75, 3.05) is 0 Å². The van der Waals surface area contributed by atoms with E-state index in [9.17, 15) is 4.39 Å². The molecule has 0 saturated heterocycles. The van der Waals surface area contributed by atoms with Crippen LogP contribution in [0.2, 0.25) is 0 Å². The van der Waals surface area contributed by atoms with Crippen LogP contribution in [0, 0.1) is 5.82 Å². The van der Waals surface area contributed by atoms with Crippen LogP contribution in [0.1, 0.15) is 30.5 Å². The molecular formula is C16H17BrFN. The highest BCUT2D eigenvalue weighted by Gasteiger charge is 2.12. The first-order chi connectivity index (χ1) is 9.20. The number of benzene rings is 2. The fourth-order valence-electron chi connectivity index (χ4n) is 2.12. The van der Waals surface area contributed by atoms with Gasteiger partial charge in [-0.05, 0) is 30.2 Å². The Balaban J connectivity index is 2.06. The second-order valence-electron chi connectivity index (χ2n) is 4.49. The molecule has 0 aliphatic rings. The quantitative estimate of drug-likeness (QED) is 0.831. The minimum absolute atomic E-state index is 0.0418. The van der Waals surface area contributed by atoms with Gasteiger partial charge in [-0.25, -0.2) is 4.39 Å². The van der Waals surface area contributed by atoms with Gasteiger partial charge in [0.15, 0.2) is 0 Å². The Morgan fingerprint density at radius 2 is 1.95 bits per heavy atom. The summed E-state index contributed by atoms with van der Waals surface area (Å²) in [6.45, 7) is 2.79. The second kappa shape index (κ2) is 6.83. The van der Waals surface area contributed by atoms with Crippen LogP contribution in [0.5, 0.6) is 0 Å². The minimum Gasteiger partial charge on any atom is -0.306 e. The van der Waals surface area contributed by atoms with Gasteiger partial charge in [-0.1, -0.05) is 53.2 Å². The van der Waals surface area contributed by atoms with Crippen molar-refractivity contribution in [2.24, 2.45) is 0 Å². The summed E-state index contributed by atoms with van der Waals surface area (Å²) in [6, 6.07) is 15.1. The van der Waals surface area contributed by atoms with Crippen LogP contribution in [0.15, 0.2) is 53.0 Å². The van der Waals surface area contributed by atoms with Crippen molar-refractivity contribution in [1.82, 2.24) is 5.32 Å². The molecule has 0 bridgehead atoms. The molecule has 1 N–H and O–H groups in total. The summed E-state index contributed by atoms with van der Waals surface area (Å²) < 4.78 is 14.8. The molecule has 19 heavy (non-hydrogen) atoms. The maximum absolute atomic E-state index is 13.8. The van der Waals surface area contributed by atoms with Crippen LogP contribution < -0.4 is 5.32 Å². The van der Waals surface area contributed by atoms with Crippen molar-refractivity contribution < 1.29 is 4.39 Å². The Bertz CT molecular complexity index is 542. The predicted octanol–water partition coefficient (Wildman–Crippen LogP) is 4.83. The van der Waals surface area contributed by atoms with Gasteiger partial charge in [-0.3, -0.25) is 0 Å². The van der Waals surface area contributed by atoms with Crippen LogP contribution in [-0.4, -0.2) is 0 Å². The SMILES string of the molecule is CCC(NCc1cccc(Br)c1)c1ccccc1F. The van der Waals surface area contributed by atoms with E-state index in [2.05, 4.69) is 40.3 Å². The summed E-state index contributed by atoms with van der Waals surface area (Å²) in [5.41, 5.74) is 1.92. The first kappa shape index (κ1) is 14.2. The van der Waals surface area contributed by atoms with Crippen molar-refractivity contribution in [2.45, 2.75) is 25.9 Å². The maximum Gasteiger partial charge on any atom is 0.127 e.